The molecule has 1 aromatic rings. The second-order valence-corrected chi connectivity index (χ2v) is 5.41. The summed E-state index contributed by atoms with van der Waals surface area (Å²) in [5, 5.41) is 3.07. The highest BCUT2D eigenvalue weighted by atomic mass is 19.1. The fraction of sp³-hybridized carbons (Fsp3) is 0.625. The summed E-state index contributed by atoms with van der Waals surface area (Å²) in [6.07, 6.45) is 1.41. The van der Waals surface area contributed by atoms with E-state index in [2.05, 4.69) is 5.32 Å². The monoisotopic (exact) mass is 315 g/mol. The molecule has 1 fully saturated rings. The molecule has 1 N–H and O–H groups in total. The maximum atomic E-state index is 13.5. The van der Waals surface area contributed by atoms with Crippen LogP contribution in [0, 0.1) is 17.6 Å². The van der Waals surface area contributed by atoms with Gasteiger partial charge < -0.3 is 19.5 Å². The van der Waals surface area contributed by atoms with Crippen LogP contribution in [-0.2, 0) is 20.8 Å². The van der Waals surface area contributed by atoms with Gasteiger partial charge in [0.25, 0.3) is 0 Å². The second kappa shape index (κ2) is 7.97. The first-order valence-corrected chi connectivity index (χ1v) is 7.44. The third kappa shape index (κ3) is 3.81. The summed E-state index contributed by atoms with van der Waals surface area (Å²) in [5.41, 5.74) is 0.0622. The molecule has 1 aliphatic rings. The topological polar surface area (TPSA) is 39.7 Å². The summed E-state index contributed by atoms with van der Waals surface area (Å²) >= 11 is 0. The number of ether oxygens (including phenoxy) is 3. The Hall–Kier alpha value is -1.08. The number of methoxy groups -OCH3 is 2. The Morgan fingerprint density at radius 2 is 1.95 bits per heavy atom. The van der Waals surface area contributed by atoms with Gasteiger partial charge in [0.2, 0.25) is 0 Å². The summed E-state index contributed by atoms with van der Waals surface area (Å²) < 4.78 is 43.6. The predicted molar refractivity (Wildman–Crippen MR) is 78.4 cm³/mol. The molecule has 0 amide bonds. The molecule has 1 aliphatic heterocycles. The molecule has 0 aromatic heterocycles. The third-order valence-electron chi connectivity index (χ3n) is 4.26. The number of nitrogens with one attached hydrogen (secondary N) is 1. The highest BCUT2D eigenvalue weighted by Crippen LogP contribution is 2.32. The first-order valence-electron chi connectivity index (χ1n) is 7.44. The molecule has 0 spiro atoms. The molecule has 4 nitrogen and oxygen atoms in total. The minimum Gasteiger partial charge on any atom is -0.381 e. The van der Waals surface area contributed by atoms with Gasteiger partial charge in [0, 0.05) is 38.7 Å². The maximum Gasteiger partial charge on any atom is 0.174 e. The van der Waals surface area contributed by atoms with E-state index in [4.69, 9.17) is 14.2 Å². The predicted octanol–water partition coefficient (Wildman–Crippen LogP) is 2.47. The van der Waals surface area contributed by atoms with Crippen LogP contribution in [0.3, 0.4) is 0 Å². The summed E-state index contributed by atoms with van der Waals surface area (Å²) in [4.78, 5) is 0. The lowest BCUT2D eigenvalue weighted by molar-refractivity contribution is -0.276. The van der Waals surface area contributed by atoms with Crippen molar-refractivity contribution in [2.75, 3.05) is 34.0 Å². The van der Waals surface area contributed by atoms with Crippen molar-refractivity contribution in [2.24, 2.45) is 5.92 Å². The van der Waals surface area contributed by atoms with E-state index in [1.54, 1.807) is 14.2 Å². The summed E-state index contributed by atoms with van der Waals surface area (Å²) in [5.74, 6) is -1.62. The molecule has 0 radical (unpaired) electrons. The van der Waals surface area contributed by atoms with Gasteiger partial charge in [-0.05, 0) is 25.1 Å². The molecule has 22 heavy (non-hydrogen) atoms. The molecule has 1 aromatic carbocycles. The van der Waals surface area contributed by atoms with Gasteiger partial charge in [-0.2, -0.15) is 0 Å². The van der Waals surface area contributed by atoms with Gasteiger partial charge in [-0.3, -0.25) is 0 Å². The Balaban J connectivity index is 1.85. The van der Waals surface area contributed by atoms with Crippen LogP contribution in [0.25, 0.3) is 0 Å². The van der Waals surface area contributed by atoms with Crippen LogP contribution in [0.5, 0.6) is 0 Å². The van der Waals surface area contributed by atoms with Crippen molar-refractivity contribution < 1.29 is 23.0 Å². The molecule has 0 aliphatic carbocycles. The lowest BCUT2D eigenvalue weighted by Gasteiger charge is -2.41. The van der Waals surface area contributed by atoms with Crippen molar-refractivity contribution in [3.05, 3.63) is 35.4 Å². The first kappa shape index (κ1) is 17.3. The van der Waals surface area contributed by atoms with E-state index in [1.165, 1.54) is 18.2 Å². The van der Waals surface area contributed by atoms with Gasteiger partial charge >= 0.3 is 0 Å². The van der Waals surface area contributed by atoms with E-state index in [-0.39, 0.29) is 18.0 Å². The average Bonchev–Trinajstić information content (AvgIpc) is 2.54. The van der Waals surface area contributed by atoms with Crippen LogP contribution in [0.1, 0.15) is 18.4 Å². The summed E-state index contributed by atoms with van der Waals surface area (Å²) in [7, 11) is 3.26. The molecule has 2 rings (SSSR count). The van der Waals surface area contributed by atoms with Gasteiger partial charge in [-0.1, -0.05) is 6.07 Å². The molecular formula is C16H23F2NO3. The van der Waals surface area contributed by atoms with Crippen molar-refractivity contribution in [1.29, 1.82) is 0 Å². The molecule has 1 saturated heterocycles. The van der Waals surface area contributed by atoms with Crippen LogP contribution in [-0.4, -0.2) is 39.8 Å². The van der Waals surface area contributed by atoms with Crippen LogP contribution in [0.4, 0.5) is 8.78 Å². The fourth-order valence-corrected chi connectivity index (χ4v) is 2.89. The molecular weight excluding hydrogens is 292 g/mol. The van der Waals surface area contributed by atoms with Crippen molar-refractivity contribution in [3.8, 4) is 0 Å². The van der Waals surface area contributed by atoms with Gasteiger partial charge in [0.1, 0.15) is 11.6 Å². The SMILES string of the molecule is COC1(OC)CCOCC1CCNCc1c(F)cccc1F. The standard InChI is InChI=1S/C16H23F2NO3/c1-20-16(21-2)7-9-22-11-12(16)6-8-19-10-13-14(17)4-3-5-15(13)18/h3-5,12,19H,6-11H2,1-2H3. The molecule has 0 bridgehead atoms. The Bertz CT molecular complexity index is 460. The zero-order chi connectivity index (χ0) is 16.0. The second-order valence-electron chi connectivity index (χ2n) is 5.41. The van der Waals surface area contributed by atoms with Crippen LogP contribution in [0.15, 0.2) is 18.2 Å². The van der Waals surface area contributed by atoms with Gasteiger partial charge in [0.15, 0.2) is 5.79 Å². The van der Waals surface area contributed by atoms with E-state index in [9.17, 15) is 8.78 Å². The molecule has 1 atom stereocenters. The first-order chi connectivity index (χ1) is 10.6. The summed E-state index contributed by atoms with van der Waals surface area (Å²) in [6, 6.07) is 3.88. The van der Waals surface area contributed by atoms with E-state index >= 15 is 0 Å². The average molecular weight is 315 g/mol. The Morgan fingerprint density at radius 3 is 2.59 bits per heavy atom. The summed E-state index contributed by atoms with van der Waals surface area (Å²) in [6.45, 7) is 1.90. The Morgan fingerprint density at radius 1 is 1.27 bits per heavy atom. The molecule has 124 valence electrons. The van der Waals surface area contributed by atoms with E-state index in [1.807, 2.05) is 0 Å². The van der Waals surface area contributed by atoms with Crippen LogP contribution < -0.4 is 5.32 Å². The Labute approximate surface area is 129 Å². The third-order valence-corrected chi connectivity index (χ3v) is 4.26. The lowest BCUT2D eigenvalue weighted by atomic mass is 9.91. The largest absolute Gasteiger partial charge is 0.381 e. The minimum absolute atomic E-state index is 0.0622. The lowest BCUT2D eigenvalue weighted by Crippen LogP contribution is -2.49. The van der Waals surface area contributed by atoms with Gasteiger partial charge in [-0.25, -0.2) is 8.78 Å². The van der Waals surface area contributed by atoms with Crippen molar-refractivity contribution in [2.45, 2.75) is 25.2 Å². The molecule has 1 unspecified atom stereocenters. The highest BCUT2D eigenvalue weighted by molar-refractivity contribution is 5.19. The zero-order valence-corrected chi connectivity index (χ0v) is 13.0. The highest BCUT2D eigenvalue weighted by Gasteiger charge is 2.41. The smallest absolute Gasteiger partial charge is 0.174 e. The van der Waals surface area contributed by atoms with Crippen molar-refractivity contribution >= 4 is 0 Å². The van der Waals surface area contributed by atoms with E-state index in [0.717, 1.165) is 6.42 Å². The minimum atomic E-state index is -0.636. The molecule has 0 saturated carbocycles. The normalized spacial score (nSPS) is 21.0. The number of hydrogen-bond donors (Lipinski definition) is 1. The number of rotatable bonds is 7. The number of halogens is 2. The maximum absolute atomic E-state index is 13.5. The number of benzene rings is 1. The molecule has 6 heteroatoms. The zero-order valence-electron chi connectivity index (χ0n) is 13.0. The fourth-order valence-electron chi connectivity index (χ4n) is 2.89. The van der Waals surface area contributed by atoms with E-state index < -0.39 is 17.4 Å². The van der Waals surface area contributed by atoms with Crippen LogP contribution in [0.2, 0.25) is 0 Å². The number of hydrogen-bond acceptors (Lipinski definition) is 4. The Kier molecular flexibility index (Phi) is 6.26. The van der Waals surface area contributed by atoms with E-state index in [0.29, 0.717) is 26.2 Å². The van der Waals surface area contributed by atoms with Gasteiger partial charge in [0.05, 0.1) is 13.2 Å². The van der Waals surface area contributed by atoms with Crippen molar-refractivity contribution in [1.82, 2.24) is 5.32 Å². The molecule has 1 heterocycles. The van der Waals surface area contributed by atoms with Crippen molar-refractivity contribution in [3.63, 3.8) is 0 Å². The quantitative estimate of drug-likeness (QED) is 0.620. The van der Waals surface area contributed by atoms with Gasteiger partial charge in [-0.15, -0.1) is 0 Å². The van der Waals surface area contributed by atoms with Crippen LogP contribution >= 0.6 is 0 Å².